The van der Waals surface area contributed by atoms with Crippen molar-refractivity contribution >= 4 is 40.3 Å². The number of hydrazone groups is 1. The van der Waals surface area contributed by atoms with Crippen LogP contribution in [0.25, 0.3) is 10.8 Å². The molecule has 5 N–H and O–H groups in total. The van der Waals surface area contributed by atoms with Crippen LogP contribution in [0.3, 0.4) is 0 Å². The highest BCUT2D eigenvalue weighted by molar-refractivity contribution is 6.23. The molecule has 2 aromatic rings. The van der Waals surface area contributed by atoms with Crippen molar-refractivity contribution in [1.29, 1.82) is 0 Å². The summed E-state index contributed by atoms with van der Waals surface area (Å²) in [5.41, 5.74) is -1.01. The van der Waals surface area contributed by atoms with Crippen molar-refractivity contribution in [2.75, 3.05) is 58.9 Å². The van der Waals surface area contributed by atoms with Crippen LogP contribution in [0.5, 0.6) is 23.0 Å². The number of aliphatic hydroxyl groups excluding tert-OH is 1. The van der Waals surface area contributed by atoms with Gasteiger partial charge in [-0.3, -0.25) is 24.3 Å². The minimum absolute atomic E-state index is 0.0621. The van der Waals surface area contributed by atoms with Crippen molar-refractivity contribution in [3.63, 3.8) is 0 Å². The fraction of sp³-hybridized carbons (Fsp3) is 0.574. The van der Waals surface area contributed by atoms with Gasteiger partial charge in [0.05, 0.1) is 65.2 Å². The van der Waals surface area contributed by atoms with Gasteiger partial charge in [-0.15, -0.1) is 0 Å². The zero-order chi connectivity index (χ0) is 47.0. The number of ether oxygens (including phenoxy) is 6. The summed E-state index contributed by atoms with van der Waals surface area (Å²) in [5.74, 6) is -7.31. The molecule has 8 rings (SSSR count). The van der Waals surface area contributed by atoms with Crippen molar-refractivity contribution in [1.82, 2.24) is 9.91 Å². The standard InChI is InChI=1S/C47H64N4O13/c1-24-13-12-15-46(8)29(6)42(63-46)27(4)37(53)26(3)41(62-30(7)52)25(2)32(60-11)14-21-61-47(9)44(57)35-33-34(38(54)28(5)43(35)64-47)40(56)36(49-45(24)58)31(39(33)55)23-48-51-18-16-50(17-19-51)20-22-59-10/h12-15,21,23,25-27,29,32,37,41-42,53-56H,16-20,22H2,1-11H3,(H,49,58)/b15-12+,21-14+,24-13-,48-23+/t25-,26-,27+,29-,32+,37+,41-,42-,46+,47+/m1/s1. The average Bonchev–Trinajstić information content (AvgIpc) is 3.53. The Morgan fingerprint density at radius 2 is 1.67 bits per heavy atom. The third-order valence-corrected chi connectivity index (χ3v) is 13.6. The minimum Gasteiger partial charge on any atom is -0.507 e. The molecule has 10 atom stereocenters. The normalized spacial score (nSPS) is 33.5. The second kappa shape index (κ2) is 19.1. The van der Waals surface area contributed by atoms with Gasteiger partial charge in [0.25, 0.3) is 11.7 Å². The molecular formula is C47H64N4O13. The molecule has 0 aromatic heterocycles. The molecule has 0 radical (unpaired) electrons. The monoisotopic (exact) mass is 892 g/mol. The van der Waals surface area contributed by atoms with Gasteiger partial charge >= 0.3 is 11.8 Å². The van der Waals surface area contributed by atoms with Gasteiger partial charge in [-0.25, -0.2) is 0 Å². The van der Waals surface area contributed by atoms with Gasteiger partial charge in [0, 0.05) is 101 Å². The van der Waals surface area contributed by atoms with Gasteiger partial charge in [-0.1, -0.05) is 45.9 Å². The highest BCUT2D eigenvalue weighted by Crippen LogP contribution is 2.55. The molecule has 2 aromatic carbocycles. The summed E-state index contributed by atoms with van der Waals surface area (Å²) in [4.78, 5) is 43.2. The number of Topliss-reactive ketones (excluding diaryl/α,β-unsaturated/α-hetero) is 1. The zero-order valence-corrected chi connectivity index (χ0v) is 38.6. The van der Waals surface area contributed by atoms with Crippen LogP contribution in [0.1, 0.15) is 76.9 Å². The SMILES string of the molecule is COCCN1CCN(/N=C/c2c3c(O)c4c(O)c(C)c5c(c4c2O)C(=O)[C@@](C)(O/C=C/[C@H](OC)[C@@H](C)[C@@H](OC(C)=O)[C@H](C)[C@H](O)[C@H](C)[C@H]2O[C@@](C)(/C=C/C=C(/C)C(=O)N3)[C@@H]2C)O5)CC1. The number of esters is 1. The maximum absolute atomic E-state index is 14.6. The van der Waals surface area contributed by atoms with Crippen LogP contribution in [0.2, 0.25) is 0 Å². The second-order valence-corrected chi connectivity index (χ2v) is 17.8. The number of benzene rings is 2. The summed E-state index contributed by atoms with van der Waals surface area (Å²) in [6.45, 7) is 19.0. The molecule has 0 saturated carbocycles. The Morgan fingerprint density at radius 3 is 2.30 bits per heavy atom. The van der Waals surface area contributed by atoms with E-state index in [1.54, 1.807) is 38.1 Å². The molecule has 1 amide bonds. The summed E-state index contributed by atoms with van der Waals surface area (Å²) in [6, 6.07) is 0. The molecule has 17 heteroatoms. The first-order chi connectivity index (χ1) is 30.2. The average molecular weight is 893 g/mol. The Morgan fingerprint density at radius 1 is 0.984 bits per heavy atom. The van der Waals surface area contributed by atoms with Gasteiger partial charge in [0.1, 0.15) is 23.4 Å². The van der Waals surface area contributed by atoms with Crippen LogP contribution >= 0.6 is 0 Å². The highest BCUT2D eigenvalue weighted by atomic mass is 16.7. The first-order valence-corrected chi connectivity index (χ1v) is 21.8. The van der Waals surface area contributed by atoms with Gasteiger partial charge in [0.2, 0.25) is 0 Å². The summed E-state index contributed by atoms with van der Waals surface area (Å²) in [5, 5.41) is 56.3. The number of aliphatic hydroxyl groups is 1. The summed E-state index contributed by atoms with van der Waals surface area (Å²) in [6.07, 6.45) is 6.27. The quantitative estimate of drug-likeness (QED) is 0.105. The molecule has 350 valence electrons. The van der Waals surface area contributed by atoms with Crippen molar-refractivity contribution in [3.8, 4) is 23.0 Å². The number of ketones is 1. The second-order valence-electron chi connectivity index (χ2n) is 17.8. The number of piperazine rings is 1. The van der Waals surface area contributed by atoms with Crippen LogP contribution in [-0.2, 0) is 33.3 Å². The number of nitrogens with zero attached hydrogens (tertiary/aromatic N) is 3. The zero-order valence-electron chi connectivity index (χ0n) is 38.6. The van der Waals surface area contributed by atoms with E-state index in [0.717, 1.165) is 6.54 Å². The molecule has 17 nitrogen and oxygen atoms in total. The number of carbonyl (C=O) groups excluding carboxylic acids is 3. The third-order valence-electron chi connectivity index (χ3n) is 13.6. The summed E-state index contributed by atoms with van der Waals surface area (Å²) < 4.78 is 35.5. The molecule has 2 saturated heterocycles. The maximum atomic E-state index is 14.6. The molecule has 0 unspecified atom stereocenters. The molecule has 64 heavy (non-hydrogen) atoms. The van der Waals surface area contributed by atoms with E-state index in [9.17, 15) is 34.8 Å². The van der Waals surface area contributed by atoms with Crippen molar-refractivity contribution < 1.29 is 63.2 Å². The number of anilines is 1. The number of methoxy groups -OCH3 is 2. The Kier molecular flexibility index (Phi) is 14.4. The molecule has 7 bridgehead atoms. The molecule has 6 aliphatic rings. The first-order valence-electron chi connectivity index (χ1n) is 21.8. The van der Waals surface area contributed by atoms with E-state index < -0.39 is 76.4 Å². The fourth-order valence-corrected chi connectivity index (χ4v) is 9.23. The first kappa shape index (κ1) is 48.3. The fourth-order valence-electron chi connectivity index (χ4n) is 9.23. The maximum Gasteiger partial charge on any atom is 0.312 e. The molecular weight excluding hydrogens is 829 g/mol. The molecule has 6 aliphatic heterocycles. The number of phenolic OH excluding ortho intramolecular Hbond substituents is 3. The number of rotatable bonds is 7. The van der Waals surface area contributed by atoms with E-state index in [1.165, 1.54) is 46.4 Å². The lowest BCUT2D eigenvalue weighted by atomic mass is 9.70. The van der Waals surface area contributed by atoms with Gasteiger partial charge < -0.3 is 54.2 Å². The van der Waals surface area contributed by atoms with Crippen LogP contribution < -0.4 is 10.1 Å². The van der Waals surface area contributed by atoms with E-state index in [-0.39, 0.29) is 62.4 Å². The Labute approximate surface area is 374 Å². The largest absolute Gasteiger partial charge is 0.507 e. The highest BCUT2D eigenvalue weighted by Gasteiger charge is 2.53. The van der Waals surface area contributed by atoms with Crippen LogP contribution in [0.15, 0.2) is 41.2 Å². The van der Waals surface area contributed by atoms with Crippen molar-refractivity contribution in [3.05, 3.63) is 52.8 Å². The van der Waals surface area contributed by atoms with Gasteiger partial charge in [-0.05, 0) is 26.8 Å². The Hall–Kier alpha value is -5.20. The van der Waals surface area contributed by atoms with Crippen LogP contribution in [0.4, 0.5) is 5.69 Å². The number of amides is 1. The number of hydrogen-bond acceptors (Lipinski definition) is 16. The van der Waals surface area contributed by atoms with Crippen LogP contribution in [0, 0.1) is 30.6 Å². The topological polar surface area (TPSA) is 218 Å². The summed E-state index contributed by atoms with van der Waals surface area (Å²) >= 11 is 0. The lowest BCUT2D eigenvalue weighted by molar-refractivity contribution is -0.251. The summed E-state index contributed by atoms with van der Waals surface area (Å²) in [7, 11) is 3.12. The lowest BCUT2D eigenvalue weighted by Crippen LogP contribution is -2.60. The molecule has 2 fully saturated rings. The number of aromatic hydroxyl groups is 3. The Balaban J connectivity index is 1.48. The van der Waals surface area contributed by atoms with E-state index in [1.807, 2.05) is 33.8 Å². The predicted molar refractivity (Wildman–Crippen MR) is 239 cm³/mol. The minimum atomic E-state index is -2.04. The van der Waals surface area contributed by atoms with Crippen molar-refractivity contribution in [2.24, 2.45) is 28.8 Å². The number of hydrogen-bond donors (Lipinski definition) is 5. The third kappa shape index (κ3) is 9.05. The van der Waals surface area contributed by atoms with Crippen molar-refractivity contribution in [2.45, 2.75) is 98.1 Å². The van der Waals surface area contributed by atoms with Gasteiger partial charge in [0.15, 0.2) is 5.75 Å². The number of allylic oxidation sites excluding steroid dienone is 2. The molecule has 0 spiro atoms. The number of carbonyl (C=O) groups is 3. The molecule has 0 aliphatic carbocycles. The molecule has 6 heterocycles. The van der Waals surface area contributed by atoms with Crippen LogP contribution in [-0.4, -0.2) is 144 Å². The smallest absolute Gasteiger partial charge is 0.312 e. The van der Waals surface area contributed by atoms with E-state index in [0.29, 0.717) is 32.8 Å². The number of phenols is 3. The van der Waals surface area contributed by atoms with E-state index in [4.69, 9.17) is 28.4 Å². The number of nitrogens with one attached hydrogen (secondary N) is 1. The van der Waals surface area contributed by atoms with E-state index >= 15 is 0 Å². The predicted octanol–water partition coefficient (Wildman–Crippen LogP) is 5.15. The van der Waals surface area contributed by atoms with E-state index in [2.05, 4.69) is 15.3 Å². The lowest BCUT2D eigenvalue weighted by Gasteiger charge is -2.54. The Bertz CT molecular complexity index is 2250. The van der Waals surface area contributed by atoms with Gasteiger partial charge in [-0.2, -0.15) is 5.10 Å².